The van der Waals surface area contributed by atoms with E-state index >= 15 is 0 Å². The summed E-state index contributed by atoms with van der Waals surface area (Å²) in [4.78, 5) is 4.45. The number of hydrogen-bond donors (Lipinski definition) is 2. The molecule has 0 radical (unpaired) electrons. The largest absolute Gasteiger partial charge is 0.365 e. The zero-order chi connectivity index (χ0) is 9.10. The first-order valence-corrected chi connectivity index (χ1v) is 5.31. The molecule has 2 heterocycles. The lowest BCUT2D eigenvalue weighted by Gasteiger charge is -2.11. The predicted octanol–water partition coefficient (Wildman–Crippen LogP) is 1.56. The highest BCUT2D eigenvalue weighted by Crippen LogP contribution is 2.22. The average molecular weight is 195 g/mol. The van der Waals surface area contributed by atoms with Gasteiger partial charge in [-0.1, -0.05) is 6.08 Å². The van der Waals surface area contributed by atoms with Crippen LogP contribution in [0.25, 0.3) is 5.57 Å². The van der Waals surface area contributed by atoms with Crippen molar-refractivity contribution in [1.82, 2.24) is 10.3 Å². The summed E-state index contributed by atoms with van der Waals surface area (Å²) >= 11 is 1.65. The molecule has 0 saturated heterocycles. The number of rotatable bonds is 2. The van der Waals surface area contributed by atoms with Gasteiger partial charge in [-0.3, -0.25) is 0 Å². The summed E-state index contributed by atoms with van der Waals surface area (Å²) in [5.41, 5.74) is 2.44. The van der Waals surface area contributed by atoms with Crippen molar-refractivity contribution in [2.24, 2.45) is 0 Å². The third-order valence-electron chi connectivity index (χ3n) is 2.07. The van der Waals surface area contributed by atoms with Crippen molar-refractivity contribution in [2.45, 2.75) is 6.42 Å². The van der Waals surface area contributed by atoms with E-state index in [4.69, 9.17) is 0 Å². The smallest absolute Gasteiger partial charge is 0.182 e. The summed E-state index contributed by atoms with van der Waals surface area (Å²) in [5.74, 6) is 0. The average Bonchev–Trinajstić information content (AvgIpc) is 2.67. The Morgan fingerprint density at radius 2 is 2.54 bits per heavy atom. The zero-order valence-corrected chi connectivity index (χ0v) is 8.45. The Labute approximate surface area is 81.9 Å². The van der Waals surface area contributed by atoms with Gasteiger partial charge in [-0.15, -0.1) is 11.3 Å². The fraction of sp³-hybridized carbons (Fsp3) is 0.444. The lowest BCUT2D eigenvalue weighted by Crippen LogP contribution is -2.21. The highest BCUT2D eigenvalue weighted by molar-refractivity contribution is 7.13. The first kappa shape index (κ1) is 8.72. The van der Waals surface area contributed by atoms with Crippen LogP contribution >= 0.6 is 11.3 Å². The summed E-state index contributed by atoms with van der Waals surface area (Å²) < 4.78 is 0. The number of nitrogens with zero attached hydrogens (tertiary/aromatic N) is 1. The SMILES string of the molecule is CNc1nc(C2=CCCNC2)cs1. The van der Waals surface area contributed by atoms with Crippen molar-refractivity contribution >= 4 is 22.0 Å². The molecule has 0 unspecified atom stereocenters. The van der Waals surface area contributed by atoms with E-state index in [0.717, 1.165) is 30.3 Å². The lowest BCUT2D eigenvalue weighted by atomic mass is 10.1. The second-order valence-electron chi connectivity index (χ2n) is 2.98. The lowest BCUT2D eigenvalue weighted by molar-refractivity contribution is 0.738. The van der Waals surface area contributed by atoms with Gasteiger partial charge in [0.2, 0.25) is 0 Å². The van der Waals surface area contributed by atoms with Crippen molar-refractivity contribution in [1.29, 1.82) is 0 Å². The molecule has 1 aromatic rings. The van der Waals surface area contributed by atoms with Crippen LogP contribution in [0.3, 0.4) is 0 Å². The van der Waals surface area contributed by atoms with E-state index in [0.29, 0.717) is 0 Å². The van der Waals surface area contributed by atoms with E-state index in [1.165, 1.54) is 5.57 Å². The van der Waals surface area contributed by atoms with Gasteiger partial charge in [0, 0.05) is 19.0 Å². The van der Waals surface area contributed by atoms with Crippen LogP contribution in [0.4, 0.5) is 5.13 Å². The van der Waals surface area contributed by atoms with Gasteiger partial charge < -0.3 is 10.6 Å². The van der Waals surface area contributed by atoms with Gasteiger partial charge in [-0.05, 0) is 18.5 Å². The molecular formula is C9H13N3S. The van der Waals surface area contributed by atoms with E-state index < -0.39 is 0 Å². The number of nitrogens with one attached hydrogen (secondary N) is 2. The Balaban J connectivity index is 2.19. The van der Waals surface area contributed by atoms with Crippen molar-refractivity contribution in [3.05, 3.63) is 17.2 Å². The molecule has 2 N–H and O–H groups in total. The van der Waals surface area contributed by atoms with Crippen LogP contribution in [0, 0.1) is 0 Å². The number of aromatic nitrogens is 1. The second-order valence-corrected chi connectivity index (χ2v) is 3.84. The van der Waals surface area contributed by atoms with E-state index in [2.05, 4.69) is 27.1 Å². The van der Waals surface area contributed by atoms with E-state index in [-0.39, 0.29) is 0 Å². The van der Waals surface area contributed by atoms with Crippen LogP contribution < -0.4 is 10.6 Å². The molecule has 1 aliphatic heterocycles. The molecule has 0 atom stereocenters. The summed E-state index contributed by atoms with van der Waals surface area (Å²) in [5, 5.41) is 9.47. The molecule has 0 bridgehead atoms. The fourth-order valence-corrected chi connectivity index (χ4v) is 2.07. The maximum absolute atomic E-state index is 4.45. The molecule has 0 aliphatic carbocycles. The Morgan fingerprint density at radius 3 is 3.15 bits per heavy atom. The van der Waals surface area contributed by atoms with E-state index in [1.807, 2.05) is 7.05 Å². The van der Waals surface area contributed by atoms with E-state index in [1.54, 1.807) is 11.3 Å². The molecule has 0 amide bonds. The number of hydrogen-bond acceptors (Lipinski definition) is 4. The van der Waals surface area contributed by atoms with Crippen molar-refractivity contribution in [3.63, 3.8) is 0 Å². The standard InChI is InChI=1S/C9H13N3S/c1-10-9-12-8(6-13-9)7-3-2-4-11-5-7/h3,6,11H,2,4-5H2,1H3,(H,10,12). The van der Waals surface area contributed by atoms with Crippen LogP contribution in [0.15, 0.2) is 11.5 Å². The van der Waals surface area contributed by atoms with Crippen LogP contribution in [0.5, 0.6) is 0 Å². The van der Waals surface area contributed by atoms with Crippen molar-refractivity contribution in [2.75, 3.05) is 25.5 Å². The summed E-state index contributed by atoms with van der Waals surface area (Å²) in [7, 11) is 1.90. The molecule has 70 valence electrons. The van der Waals surface area contributed by atoms with Gasteiger partial charge in [-0.2, -0.15) is 0 Å². The van der Waals surface area contributed by atoms with Gasteiger partial charge in [-0.25, -0.2) is 4.98 Å². The Bertz CT molecular complexity index is 316. The Kier molecular flexibility index (Phi) is 2.61. The van der Waals surface area contributed by atoms with Gasteiger partial charge in [0.25, 0.3) is 0 Å². The first-order chi connectivity index (χ1) is 6.40. The number of thiazole rings is 1. The highest BCUT2D eigenvalue weighted by Gasteiger charge is 2.08. The minimum absolute atomic E-state index is 0.951. The Hall–Kier alpha value is -0.870. The van der Waals surface area contributed by atoms with Crippen LogP contribution in [-0.4, -0.2) is 25.1 Å². The normalized spacial score (nSPS) is 16.8. The first-order valence-electron chi connectivity index (χ1n) is 4.43. The molecular weight excluding hydrogens is 182 g/mol. The maximum Gasteiger partial charge on any atom is 0.182 e. The molecule has 0 fully saturated rings. The molecule has 3 nitrogen and oxygen atoms in total. The molecule has 1 aliphatic rings. The zero-order valence-electron chi connectivity index (χ0n) is 7.63. The van der Waals surface area contributed by atoms with Crippen LogP contribution in [0.2, 0.25) is 0 Å². The maximum atomic E-state index is 4.45. The van der Waals surface area contributed by atoms with Crippen molar-refractivity contribution < 1.29 is 0 Å². The van der Waals surface area contributed by atoms with Gasteiger partial charge in [0.15, 0.2) is 5.13 Å². The van der Waals surface area contributed by atoms with Gasteiger partial charge in [0.05, 0.1) is 5.69 Å². The van der Waals surface area contributed by atoms with Crippen LogP contribution in [0.1, 0.15) is 12.1 Å². The predicted molar refractivity (Wildman–Crippen MR) is 57.1 cm³/mol. The quantitative estimate of drug-likeness (QED) is 0.752. The molecule has 0 saturated carbocycles. The highest BCUT2D eigenvalue weighted by atomic mass is 32.1. The second kappa shape index (κ2) is 3.89. The molecule has 4 heteroatoms. The monoisotopic (exact) mass is 195 g/mol. The summed E-state index contributed by atoms with van der Waals surface area (Å²) in [6.07, 6.45) is 3.38. The Morgan fingerprint density at radius 1 is 1.62 bits per heavy atom. The molecule has 1 aromatic heterocycles. The minimum Gasteiger partial charge on any atom is -0.365 e. The van der Waals surface area contributed by atoms with Gasteiger partial charge in [0.1, 0.15) is 0 Å². The topological polar surface area (TPSA) is 37.0 Å². The van der Waals surface area contributed by atoms with Crippen molar-refractivity contribution in [3.8, 4) is 0 Å². The third-order valence-corrected chi connectivity index (χ3v) is 2.93. The molecule has 2 rings (SSSR count). The molecule has 0 aromatic carbocycles. The summed E-state index contributed by atoms with van der Waals surface area (Å²) in [6.45, 7) is 2.04. The van der Waals surface area contributed by atoms with E-state index in [9.17, 15) is 0 Å². The fourth-order valence-electron chi connectivity index (χ4n) is 1.37. The summed E-state index contributed by atoms with van der Waals surface area (Å²) in [6, 6.07) is 0. The minimum atomic E-state index is 0.951. The third kappa shape index (κ3) is 1.89. The van der Waals surface area contributed by atoms with Crippen LogP contribution in [-0.2, 0) is 0 Å². The van der Waals surface area contributed by atoms with Gasteiger partial charge >= 0.3 is 0 Å². The molecule has 13 heavy (non-hydrogen) atoms. The molecule has 0 spiro atoms. The number of anilines is 1.